The number of carbonyl (C=O) groups is 1. The Morgan fingerprint density at radius 3 is 2.44 bits per heavy atom. The molecule has 1 saturated heterocycles. The van der Waals surface area contributed by atoms with Crippen molar-refractivity contribution in [3.63, 3.8) is 0 Å². The van der Waals surface area contributed by atoms with Crippen LogP contribution >= 0.6 is 0 Å². The van der Waals surface area contributed by atoms with Crippen LogP contribution < -0.4 is 11.2 Å². The van der Waals surface area contributed by atoms with Crippen LogP contribution in [0, 0.1) is 6.92 Å². The molecular weight excluding hydrogens is 481 g/mol. The smallest absolute Gasteiger partial charge is 0.390 e. The molecule has 0 saturated carbocycles. The van der Waals surface area contributed by atoms with Gasteiger partial charge in [0.1, 0.15) is 17.9 Å². The zero-order chi connectivity index (χ0) is 26.0. The van der Waals surface area contributed by atoms with Crippen molar-refractivity contribution in [1.82, 2.24) is 9.13 Å². The second kappa shape index (κ2) is 10.2. The average Bonchev–Trinajstić information content (AvgIpc) is 3.20. The van der Waals surface area contributed by atoms with E-state index >= 15 is 0 Å². The largest absolute Gasteiger partial charge is 0.423 e. The zero-order valence-electron chi connectivity index (χ0n) is 19.1. The molecule has 8 nitrogen and oxygen atoms in total. The number of aryl methyl sites for hydroxylation is 1. The molecule has 0 bridgehead atoms. The number of hydrogen-bond acceptors (Lipinski definition) is 6. The lowest BCUT2D eigenvalue weighted by Crippen LogP contribution is -2.47. The fraction of sp³-hybridized carbons (Fsp3) is 0.320. The second-order valence-corrected chi connectivity index (χ2v) is 8.42. The van der Waals surface area contributed by atoms with E-state index < -0.39 is 47.3 Å². The van der Waals surface area contributed by atoms with Gasteiger partial charge in [-0.1, -0.05) is 42.5 Å². The number of carbonyl (C=O) groups excluding carboxylic acids is 1. The van der Waals surface area contributed by atoms with Crippen LogP contribution in [0.4, 0.5) is 13.2 Å². The molecule has 0 aliphatic carbocycles. The summed E-state index contributed by atoms with van der Waals surface area (Å²) in [6.07, 6.45) is -8.50. The zero-order valence-corrected chi connectivity index (χ0v) is 19.1. The van der Waals surface area contributed by atoms with Crippen molar-refractivity contribution < 1.29 is 32.5 Å². The highest BCUT2D eigenvalue weighted by Gasteiger charge is 2.41. The maximum atomic E-state index is 13.7. The third kappa shape index (κ3) is 5.18. The Morgan fingerprint density at radius 1 is 1.11 bits per heavy atom. The highest BCUT2D eigenvalue weighted by atomic mass is 19.4. The quantitative estimate of drug-likeness (QED) is 0.554. The van der Waals surface area contributed by atoms with Gasteiger partial charge in [0.2, 0.25) is 0 Å². The van der Waals surface area contributed by atoms with E-state index in [0.717, 1.165) is 11.1 Å². The van der Waals surface area contributed by atoms with Gasteiger partial charge >= 0.3 is 11.9 Å². The van der Waals surface area contributed by atoms with Gasteiger partial charge in [0.05, 0.1) is 19.3 Å². The number of aromatic nitrogens is 2. The Hall–Kier alpha value is -3.54. The Morgan fingerprint density at radius 2 is 1.78 bits per heavy atom. The molecule has 0 unspecified atom stereocenters. The van der Waals surface area contributed by atoms with Crippen molar-refractivity contribution in [2.24, 2.45) is 0 Å². The van der Waals surface area contributed by atoms with Crippen LogP contribution in [-0.4, -0.2) is 39.0 Å². The van der Waals surface area contributed by atoms with Gasteiger partial charge in [0, 0.05) is 18.2 Å². The van der Waals surface area contributed by atoms with Crippen molar-refractivity contribution in [2.45, 2.75) is 44.6 Å². The second-order valence-electron chi connectivity index (χ2n) is 8.42. The van der Waals surface area contributed by atoms with E-state index in [4.69, 9.17) is 9.47 Å². The lowest BCUT2D eigenvalue weighted by Gasteiger charge is -2.19. The number of rotatable bonds is 6. The summed E-state index contributed by atoms with van der Waals surface area (Å²) in [6, 6.07) is 14.5. The van der Waals surface area contributed by atoms with E-state index in [1.54, 1.807) is 6.07 Å². The minimum Gasteiger partial charge on any atom is -0.390 e. The van der Waals surface area contributed by atoms with Gasteiger partial charge in [-0.25, -0.2) is 4.79 Å². The van der Waals surface area contributed by atoms with Crippen LogP contribution in [0.1, 0.15) is 39.7 Å². The molecule has 4 rings (SSSR count). The van der Waals surface area contributed by atoms with Crippen LogP contribution in [-0.2, 0) is 22.3 Å². The maximum Gasteiger partial charge on any atom is 0.423 e. The number of aliphatic hydroxyl groups is 1. The fourth-order valence-corrected chi connectivity index (χ4v) is 3.95. The number of hydrogen-bond donors (Lipinski definition) is 1. The molecule has 1 aromatic heterocycles. The van der Waals surface area contributed by atoms with E-state index in [0.29, 0.717) is 10.8 Å². The topological polar surface area (TPSA) is 99.8 Å². The molecule has 1 N–H and O–H groups in total. The summed E-state index contributed by atoms with van der Waals surface area (Å²) in [6.45, 7) is 2.04. The highest BCUT2D eigenvalue weighted by molar-refractivity contribution is 5.95. The number of halogens is 3. The molecule has 36 heavy (non-hydrogen) atoms. The predicted octanol–water partition coefficient (Wildman–Crippen LogP) is 2.89. The number of ether oxygens (including phenoxy) is 2. The molecule has 1 aliphatic rings. The van der Waals surface area contributed by atoms with Crippen molar-refractivity contribution in [2.75, 3.05) is 6.61 Å². The normalized spacial score (nSPS) is 20.0. The van der Waals surface area contributed by atoms with Crippen molar-refractivity contribution >= 4 is 5.91 Å². The summed E-state index contributed by atoms with van der Waals surface area (Å²) in [7, 11) is 0. The van der Waals surface area contributed by atoms with Crippen LogP contribution in [0.25, 0.3) is 0 Å². The van der Waals surface area contributed by atoms with E-state index in [1.165, 1.54) is 24.3 Å². The molecule has 0 radical (unpaired) electrons. The SMILES string of the molecule is Cc1ccccc1COC[C@H]1O[C@@H](n2cc(C(F)(F)F)c(=O)n(C(=O)c3ccccc3)c2=O)C[C@@H]1O. The first-order valence-electron chi connectivity index (χ1n) is 11.1. The first-order chi connectivity index (χ1) is 17.1. The van der Waals surface area contributed by atoms with Gasteiger partial charge in [-0.3, -0.25) is 14.2 Å². The molecule has 3 aromatic rings. The van der Waals surface area contributed by atoms with Crippen LogP contribution in [0.5, 0.6) is 0 Å². The number of alkyl halides is 3. The molecule has 2 heterocycles. The molecule has 0 spiro atoms. The molecule has 0 amide bonds. The Kier molecular flexibility index (Phi) is 7.25. The van der Waals surface area contributed by atoms with Gasteiger partial charge in [0.25, 0.3) is 11.5 Å². The van der Waals surface area contributed by atoms with Gasteiger partial charge in [0.15, 0.2) is 0 Å². The molecule has 11 heteroatoms. The van der Waals surface area contributed by atoms with Gasteiger partial charge in [-0.2, -0.15) is 17.7 Å². The first-order valence-corrected chi connectivity index (χ1v) is 11.1. The number of aliphatic hydroxyl groups excluding tert-OH is 1. The standard InChI is InChI=1S/C25H23F3N2O6/c1-15-7-5-6-10-17(15)13-35-14-20-19(31)11-21(36-20)29-12-18(25(26,27)28)23(33)30(24(29)34)22(32)16-8-3-2-4-9-16/h2-10,12,19-21,31H,11,13-14H2,1H3/t19-,20+,21+/m0/s1. The first kappa shape index (κ1) is 25.5. The van der Waals surface area contributed by atoms with Gasteiger partial charge < -0.3 is 14.6 Å². The number of benzene rings is 2. The Bertz CT molecular complexity index is 1370. The molecule has 3 atom stereocenters. The molecule has 1 fully saturated rings. The Labute approximate surface area is 203 Å². The third-order valence-corrected chi connectivity index (χ3v) is 5.96. The van der Waals surface area contributed by atoms with E-state index in [-0.39, 0.29) is 29.8 Å². The van der Waals surface area contributed by atoms with Crippen molar-refractivity contribution in [3.05, 3.63) is 104 Å². The van der Waals surface area contributed by atoms with E-state index in [1.807, 2.05) is 31.2 Å². The molecule has 190 valence electrons. The summed E-state index contributed by atoms with van der Waals surface area (Å²) in [4.78, 5) is 38.5. The lowest BCUT2D eigenvalue weighted by atomic mass is 10.1. The van der Waals surface area contributed by atoms with Crippen molar-refractivity contribution in [3.8, 4) is 0 Å². The van der Waals surface area contributed by atoms with E-state index in [9.17, 15) is 32.7 Å². The lowest BCUT2D eigenvalue weighted by molar-refractivity contribution is -0.140. The molecule has 1 aliphatic heterocycles. The van der Waals surface area contributed by atoms with Crippen LogP contribution in [0.2, 0.25) is 0 Å². The summed E-state index contributed by atoms with van der Waals surface area (Å²) < 4.78 is 52.7. The maximum absolute atomic E-state index is 13.7. The van der Waals surface area contributed by atoms with Crippen LogP contribution in [0.15, 0.2) is 70.4 Å². The monoisotopic (exact) mass is 504 g/mol. The minimum absolute atomic E-state index is 0.0596. The predicted molar refractivity (Wildman–Crippen MR) is 122 cm³/mol. The summed E-state index contributed by atoms with van der Waals surface area (Å²) in [5.74, 6) is -1.21. The third-order valence-electron chi connectivity index (χ3n) is 5.96. The Balaban J connectivity index is 1.62. The summed E-state index contributed by atoms with van der Waals surface area (Å²) >= 11 is 0. The highest BCUT2D eigenvalue weighted by Crippen LogP contribution is 2.31. The van der Waals surface area contributed by atoms with Gasteiger partial charge in [-0.15, -0.1) is 0 Å². The molecular formula is C25H23F3N2O6. The summed E-state index contributed by atoms with van der Waals surface area (Å²) in [5.41, 5.74) is -3.02. The molecule has 2 aromatic carbocycles. The summed E-state index contributed by atoms with van der Waals surface area (Å²) in [5, 5.41) is 10.4. The average molecular weight is 504 g/mol. The number of nitrogens with zero attached hydrogens (tertiary/aromatic N) is 2. The van der Waals surface area contributed by atoms with Gasteiger partial charge in [-0.05, 0) is 30.2 Å². The minimum atomic E-state index is -5.14. The van der Waals surface area contributed by atoms with Crippen LogP contribution in [0.3, 0.4) is 0 Å². The van der Waals surface area contributed by atoms with Crippen molar-refractivity contribution in [1.29, 1.82) is 0 Å². The van der Waals surface area contributed by atoms with E-state index in [2.05, 4.69) is 0 Å². The fourth-order valence-electron chi connectivity index (χ4n) is 3.95.